The van der Waals surface area contributed by atoms with Gasteiger partial charge in [0.25, 0.3) is 0 Å². The first-order valence-electron chi connectivity index (χ1n) is 7.54. The molecule has 5 nitrogen and oxygen atoms in total. The SMILES string of the molecule is O=C(Nc1cc2ccccc2nc1Cl)N1CC(O)c2ccccc21. The maximum Gasteiger partial charge on any atom is 0.326 e. The Balaban J connectivity index is 1.64. The first-order valence-corrected chi connectivity index (χ1v) is 7.92. The number of aliphatic hydroxyl groups excluding tert-OH is 1. The number of urea groups is 1. The van der Waals surface area contributed by atoms with E-state index in [1.807, 2.05) is 48.5 Å². The van der Waals surface area contributed by atoms with E-state index >= 15 is 0 Å². The smallest absolute Gasteiger partial charge is 0.326 e. The summed E-state index contributed by atoms with van der Waals surface area (Å²) >= 11 is 6.19. The Morgan fingerprint density at radius 3 is 2.83 bits per heavy atom. The zero-order chi connectivity index (χ0) is 16.7. The van der Waals surface area contributed by atoms with Gasteiger partial charge in [-0.1, -0.05) is 48.0 Å². The van der Waals surface area contributed by atoms with Crippen molar-refractivity contribution in [2.75, 3.05) is 16.8 Å². The van der Waals surface area contributed by atoms with Gasteiger partial charge in [0.1, 0.15) is 0 Å². The number of pyridine rings is 1. The molecule has 24 heavy (non-hydrogen) atoms. The number of benzene rings is 2. The van der Waals surface area contributed by atoms with E-state index in [0.29, 0.717) is 11.4 Å². The number of amides is 2. The molecule has 1 atom stereocenters. The molecular weight excluding hydrogens is 326 g/mol. The normalized spacial score (nSPS) is 16.2. The van der Waals surface area contributed by atoms with Crippen LogP contribution < -0.4 is 10.2 Å². The molecule has 0 saturated heterocycles. The molecular formula is C18H14ClN3O2. The van der Waals surface area contributed by atoms with Crippen molar-refractivity contribution in [2.24, 2.45) is 0 Å². The van der Waals surface area contributed by atoms with Crippen LogP contribution in [0.2, 0.25) is 5.15 Å². The van der Waals surface area contributed by atoms with Crippen molar-refractivity contribution in [3.8, 4) is 0 Å². The lowest BCUT2D eigenvalue weighted by Crippen LogP contribution is -2.34. The molecule has 0 saturated carbocycles. The minimum atomic E-state index is -0.683. The van der Waals surface area contributed by atoms with Crippen LogP contribution >= 0.6 is 11.6 Å². The first kappa shape index (κ1) is 14.9. The van der Waals surface area contributed by atoms with Crippen molar-refractivity contribution in [3.63, 3.8) is 0 Å². The zero-order valence-electron chi connectivity index (χ0n) is 12.6. The second-order valence-corrected chi connectivity index (χ2v) is 5.99. The fourth-order valence-corrected chi connectivity index (χ4v) is 3.13. The van der Waals surface area contributed by atoms with Crippen LogP contribution in [0.25, 0.3) is 10.9 Å². The van der Waals surface area contributed by atoms with Gasteiger partial charge in [0, 0.05) is 10.9 Å². The molecule has 1 aliphatic heterocycles. The average molecular weight is 340 g/mol. The third kappa shape index (κ3) is 2.48. The average Bonchev–Trinajstić information content (AvgIpc) is 2.93. The van der Waals surface area contributed by atoms with Gasteiger partial charge in [0.05, 0.1) is 29.5 Å². The summed E-state index contributed by atoms with van der Waals surface area (Å²) in [7, 11) is 0. The summed E-state index contributed by atoms with van der Waals surface area (Å²) in [5.74, 6) is 0. The lowest BCUT2D eigenvalue weighted by molar-refractivity contribution is 0.193. The van der Waals surface area contributed by atoms with E-state index in [1.165, 1.54) is 4.90 Å². The van der Waals surface area contributed by atoms with Gasteiger partial charge in [0.2, 0.25) is 0 Å². The van der Waals surface area contributed by atoms with Gasteiger partial charge in [-0.3, -0.25) is 4.90 Å². The summed E-state index contributed by atoms with van der Waals surface area (Å²) in [5.41, 5.74) is 2.66. The fraction of sp³-hybridized carbons (Fsp3) is 0.111. The van der Waals surface area contributed by atoms with Crippen LogP contribution in [0.5, 0.6) is 0 Å². The molecule has 0 bridgehead atoms. The summed E-state index contributed by atoms with van der Waals surface area (Å²) in [6, 6.07) is 16.3. The van der Waals surface area contributed by atoms with E-state index in [1.54, 1.807) is 6.07 Å². The Morgan fingerprint density at radius 1 is 1.21 bits per heavy atom. The summed E-state index contributed by atoms with van der Waals surface area (Å²) in [4.78, 5) is 18.4. The molecule has 2 amide bonds. The van der Waals surface area contributed by atoms with Gasteiger partial charge in [-0.25, -0.2) is 9.78 Å². The van der Waals surface area contributed by atoms with Gasteiger partial charge in [-0.05, 0) is 18.2 Å². The summed E-state index contributed by atoms with van der Waals surface area (Å²) < 4.78 is 0. The van der Waals surface area contributed by atoms with Crippen LogP contribution in [0, 0.1) is 0 Å². The number of aromatic nitrogens is 1. The first-order chi connectivity index (χ1) is 11.6. The number of hydrogen-bond donors (Lipinski definition) is 2. The molecule has 1 unspecified atom stereocenters. The van der Waals surface area contributed by atoms with Gasteiger partial charge in [-0.2, -0.15) is 0 Å². The van der Waals surface area contributed by atoms with Crippen molar-refractivity contribution in [1.29, 1.82) is 0 Å². The monoisotopic (exact) mass is 339 g/mol. The predicted octanol–water partition coefficient (Wildman–Crippen LogP) is 3.97. The third-order valence-corrected chi connectivity index (χ3v) is 4.39. The Bertz CT molecular complexity index is 944. The third-order valence-electron chi connectivity index (χ3n) is 4.11. The number of carbonyl (C=O) groups excluding carboxylic acids is 1. The number of hydrogen-bond acceptors (Lipinski definition) is 3. The number of halogens is 1. The maximum atomic E-state index is 12.6. The van der Waals surface area contributed by atoms with Crippen LogP contribution in [0.3, 0.4) is 0 Å². The molecule has 120 valence electrons. The van der Waals surface area contributed by atoms with E-state index in [2.05, 4.69) is 10.3 Å². The molecule has 6 heteroatoms. The molecule has 0 aliphatic carbocycles. The zero-order valence-corrected chi connectivity index (χ0v) is 13.4. The number of β-amino-alcohol motifs (C(OH)–C–C–N with tert-alkyl or cyclic N) is 1. The fourth-order valence-electron chi connectivity index (χ4n) is 2.94. The van der Waals surface area contributed by atoms with Gasteiger partial charge >= 0.3 is 6.03 Å². The summed E-state index contributed by atoms with van der Waals surface area (Å²) in [6.07, 6.45) is -0.683. The highest BCUT2D eigenvalue weighted by molar-refractivity contribution is 6.33. The number of rotatable bonds is 1. The minimum absolute atomic E-state index is 0.212. The topological polar surface area (TPSA) is 65.5 Å². The molecule has 2 N–H and O–H groups in total. The molecule has 0 radical (unpaired) electrons. The Labute approximate surface area is 143 Å². The van der Waals surface area contributed by atoms with Crippen molar-refractivity contribution < 1.29 is 9.90 Å². The predicted molar refractivity (Wildman–Crippen MR) is 94.5 cm³/mol. The van der Waals surface area contributed by atoms with Crippen LogP contribution in [-0.2, 0) is 0 Å². The highest BCUT2D eigenvalue weighted by Gasteiger charge is 2.31. The molecule has 0 spiro atoms. The second kappa shape index (κ2) is 5.78. The number of fused-ring (bicyclic) bond motifs is 2. The van der Waals surface area contributed by atoms with Crippen molar-refractivity contribution >= 4 is 39.9 Å². The van der Waals surface area contributed by atoms with E-state index in [9.17, 15) is 9.90 Å². The van der Waals surface area contributed by atoms with Crippen molar-refractivity contribution in [3.05, 3.63) is 65.3 Å². The number of para-hydroxylation sites is 2. The minimum Gasteiger partial charge on any atom is -0.386 e. The number of nitrogens with one attached hydrogen (secondary N) is 1. The lowest BCUT2D eigenvalue weighted by atomic mass is 10.1. The highest BCUT2D eigenvalue weighted by Crippen LogP contribution is 2.35. The van der Waals surface area contributed by atoms with Crippen LogP contribution in [0.4, 0.5) is 16.2 Å². The summed E-state index contributed by atoms with van der Waals surface area (Å²) in [6.45, 7) is 0.212. The van der Waals surface area contributed by atoms with Crippen LogP contribution in [0.1, 0.15) is 11.7 Å². The Hall–Kier alpha value is -2.63. The van der Waals surface area contributed by atoms with Crippen LogP contribution in [-0.4, -0.2) is 22.7 Å². The van der Waals surface area contributed by atoms with E-state index in [4.69, 9.17) is 11.6 Å². The second-order valence-electron chi connectivity index (χ2n) is 5.63. The summed E-state index contributed by atoms with van der Waals surface area (Å²) in [5, 5.41) is 14.0. The van der Waals surface area contributed by atoms with Gasteiger partial charge in [-0.15, -0.1) is 0 Å². The molecule has 2 aromatic carbocycles. The Kier molecular flexibility index (Phi) is 3.59. The van der Waals surface area contributed by atoms with Crippen LogP contribution in [0.15, 0.2) is 54.6 Å². The number of anilines is 2. The maximum absolute atomic E-state index is 12.6. The quantitative estimate of drug-likeness (QED) is 0.659. The van der Waals surface area contributed by atoms with Crippen molar-refractivity contribution in [1.82, 2.24) is 4.98 Å². The standard InChI is InChI=1S/C18H14ClN3O2/c19-17-14(9-11-5-1-3-7-13(11)20-17)21-18(24)22-10-16(23)12-6-2-4-8-15(12)22/h1-9,16,23H,10H2,(H,21,24). The molecule has 1 aliphatic rings. The highest BCUT2D eigenvalue weighted by atomic mass is 35.5. The number of nitrogens with zero attached hydrogens (tertiary/aromatic N) is 2. The van der Waals surface area contributed by atoms with E-state index in [0.717, 1.165) is 16.5 Å². The molecule has 0 fully saturated rings. The van der Waals surface area contributed by atoms with Gasteiger partial charge < -0.3 is 10.4 Å². The molecule has 1 aromatic heterocycles. The van der Waals surface area contributed by atoms with Gasteiger partial charge in [0.15, 0.2) is 5.15 Å². The molecule has 4 rings (SSSR count). The number of aliphatic hydroxyl groups is 1. The largest absolute Gasteiger partial charge is 0.386 e. The lowest BCUT2D eigenvalue weighted by Gasteiger charge is -2.18. The Morgan fingerprint density at radius 2 is 1.96 bits per heavy atom. The van der Waals surface area contributed by atoms with Crippen molar-refractivity contribution in [2.45, 2.75) is 6.10 Å². The number of carbonyl (C=O) groups is 1. The van der Waals surface area contributed by atoms with E-state index < -0.39 is 6.10 Å². The molecule has 3 aromatic rings. The van der Waals surface area contributed by atoms with E-state index in [-0.39, 0.29) is 17.7 Å². The molecule has 2 heterocycles.